The lowest BCUT2D eigenvalue weighted by atomic mass is 9.76. The quantitative estimate of drug-likeness (QED) is 0.408. The van der Waals surface area contributed by atoms with E-state index in [0.717, 1.165) is 44.1 Å². The van der Waals surface area contributed by atoms with Gasteiger partial charge in [0.15, 0.2) is 5.69 Å². The van der Waals surface area contributed by atoms with Crippen molar-refractivity contribution in [3.05, 3.63) is 92.6 Å². The van der Waals surface area contributed by atoms with Crippen molar-refractivity contribution >= 4 is 17.5 Å². The molecule has 6 rings (SSSR count). The normalized spacial score (nSPS) is 19.2. The van der Waals surface area contributed by atoms with Crippen molar-refractivity contribution in [1.82, 2.24) is 14.5 Å². The van der Waals surface area contributed by atoms with E-state index < -0.39 is 5.56 Å². The molecule has 8 heteroatoms. The predicted molar refractivity (Wildman–Crippen MR) is 149 cm³/mol. The number of nitrogens with zero attached hydrogens (tertiary/aromatic N) is 3. The first-order valence-corrected chi connectivity index (χ1v) is 14.4. The maximum atomic E-state index is 14.1. The van der Waals surface area contributed by atoms with Crippen molar-refractivity contribution in [2.24, 2.45) is 0 Å². The molecule has 0 spiro atoms. The van der Waals surface area contributed by atoms with Gasteiger partial charge in [0.1, 0.15) is 12.4 Å². The largest absolute Gasteiger partial charge is 0.481 e. The van der Waals surface area contributed by atoms with E-state index in [-0.39, 0.29) is 29.7 Å². The Kier molecular flexibility index (Phi) is 7.45. The standard InChI is InChI=1S/C31H34ClN3O4/c32-24-10-8-23(9-11-24)31(14-4-5-15-31)20-26-33-29(36)28(39-21-22-6-2-1-3-7-22)27-30(37)34(16-17-35(26)27)25-12-18-38-19-13-25/h1-3,6-11,25H,4-5,12-21H2. The summed E-state index contributed by atoms with van der Waals surface area (Å²) in [6.45, 7) is 2.65. The average Bonchev–Trinajstić information content (AvgIpc) is 3.44. The highest BCUT2D eigenvalue weighted by Crippen LogP contribution is 2.44. The van der Waals surface area contributed by atoms with Gasteiger partial charge in [-0.15, -0.1) is 0 Å². The Morgan fingerprint density at radius 2 is 1.69 bits per heavy atom. The van der Waals surface area contributed by atoms with Gasteiger partial charge in [-0.2, -0.15) is 4.98 Å². The van der Waals surface area contributed by atoms with Gasteiger partial charge in [0, 0.05) is 49.2 Å². The van der Waals surface area contributed by atoms with E-state index in [2.05, 4.69) is 17.1 Å². The summed E-state index contributed by atoms with van der Waals surface area (Å²) in [6.07, 6.45) is 6.45. The Morgan fingerprint density at radius 1 is 0.974 bits per heavy atom. The van der Waals surface area contributed by atoms with Gasteiger partial charge in [-0.25, -0.2) is 0 Å². The zero-order valence-electron chi connectivity index (χ0n) is 22.1. The van der Waals surface area contributed by atoms with Gasteiger partial charge in [0.05, 0.1) is 0 Å². The molecule has 1 saturated heterocycles. The maximum Gasteiger partial charge on any atom is 0.316 e. The van der Waals surface area contributed by atoms with E-state index >= 15 is 0 Å². The summed E-state index contributed by atoms with van der Waals surface area (Å²) >= 11 is 6.20. The summed E-state index contributed by atoms with van der Waals surface area (Å²) in [5, 5.41) is 0.706. The van der Waals surface area contributed by atoms with E-state index in [1.807, 2.05) is 51.9 Å². The van der Waals surface area contributed by atoms with Crippen LogP contribution in [0, 0.1) is 0 Å². The van der Waals surface area contributed by atoms with Crippen LogP contribution < -0.4 is 10.3 Å². The highest BCUT2D eigenvalue weighted by atomic mass is 35.5. The molecule has 1 saturated carbocycles. The van der Waals surface area contributed by atoms with Crippen LogP contribution in [0.1, 0.15) is 66.0 Å². The van der Waals surface area contributed by atoms with E-state index in [4.69, 9.17) is 21.1 Å². The maximum absolute atomic E-state index is 14.1. The van der Waals surface area contributed by atoms with Gasteiger partial charge in [0.25, 0.3) is 5.91 Å². The molecule has 0 atom stereocenters. The highest BCUT2D eigenvalue weighted by Gasteiger charge is 2.40. The third-order valence-corrected chi connectivity index (χ3v) is 8.87. The second-order valence-corrected chi connectivity index (χ2v) is 11.4. The van der Waals surface area contributed by atoms with Crippen LogP contribution in [0.2, 0.25) is 5.02 Å². The first-order valence-electron chi connectivity index (χ1n) is 14.0. The number of fused-ring (bicyclic) bond motifs is 1. The van der Waals surface area contributed by atoms with Crippen LogP contribution in [0.25, 0.3) is 0 Å². The fourth-order valence-electron chi connectivity index (χ4n) is 6.55. The number of rotatable bonds is 7. The van der Waals surface area contributed by atoms with E-state index in [1.54, 1.807) is 0 Å². The SMILES string of the molecule is O=C1c2c(OCc3ccccc3)c(=O)nc(CC3(c4ccc(Cl)cc4)CCCC3)n2CCN1C1CCOCC1. The van der Waals surface area contributed by atoms with Crippen LogP contribution in [-0.4, -0.2) is 46.2 Å². The minimum Gasteiger partial charge on any atom is -0.481 e. The summed E-state index contributed by atoms with van der Waals surface area (Å²) in [6, 6.07) is 17.8. The first kappa shape index (κ1) is 26.1. The topological polar surface area (TPSA) is 73.7 Å². The summed E-state index contributed by atoms with van der Waals surface area (Å²) < 4.78 is 13.6. The highest BCUT2D eigenvalue weighted by molar-refractivity contribution is 6.30. The number of amides is 1. The Labute approximate surface area is 233 Å². The van der Waals surface area contributed by atoms with Crippen molar-refractivity contribution in [2.45, 2.75) is 69.6 Å². The molecule has 0 N–H and O–H groups in total. The molecule has 1 amide bonds. The summed E-state index contributed by atoms with van der Waals surface area (Å²) in [5.74, 6) is 0.569. The lowest BCUT2D eigenvalue weighted by Crippen LogP contribution is -2.50. The molecule has 2 aliphatic heterocycles. The third-order valence-electron chi connectivity index (χ3n) is 8.62. The number of carbonyl (C=O) groups is 1. The van der Waals surface area contributed by atoms with Crippen LogP contribution in [-0.2, 0) is 29.7 Å². The predicted octanol–water partition coefficient (Wildman–Crippen LogP) is 5.17. The van der Waals surface area contributed by atoms with Gasteiger partial charge in [-0.05, 0) is 48.9 Å². The Morgan fingerprint density at radius 3 is 2.41 bits per heavy atom. The Bertz CT molecular complexity index is 1380. The van der Waals surface area contributed by atoms with Crippen LogP contribution in [0.3, 0.4) is 0 Å². The monoisotopic (exact) mass is 547 g/mol. The number of benzene rings is 2. The number of halogens is 1. The number of hydrogen-bond acceptors (Lipinski definition) is 5. The van der Waals surface area contributed by atoms with E-state index in [0.29, 0.717) is 49.3 Å². The van der Waals surface area contributed by atoms with Crippen LogP contribution in [0.5, 0.6) is 5.75 Å². The lowest BCUT2D eigenvalue weighted by molar-refractivity contribution is 0.0233. The molecule has 2 fully saturated rings. The second kappa shape index (κ2) is 11.1. The molecule has 3 heterocycles. The van der Waals surface area contributed by atoms with Crippen molar-refractivity contribution in [3.63, 3.8) is 0 Å². The zero-order chi connectivity index (χ0) is 26.8. The summed E-state index contributed by atoms with van der Waals surface area (Å²) in [7, 11) is 0. The summed E-state index contributed by atoms with van der Waals surface area (Å²) in [4.78, 5) is 34.1. The molecule has 1 aromatic heterocycles. The Balaban J connectivity index is 1.40. The molecule has 204 valence electrons. The molecule has 0 radical (unpaired) electrons. The smallest absolute Gasteiger partial charge is 0.316 e. The van der Waals surface area contributed by atoms with Crippen molar-refractivity contribution in [3.8, 4) is 5.75 Å². The molecule has 0 unspecified atom stereocenters. The van der Waals surface area contributed by atoms with Gasteiger partial charge in [-0.3, -0.25) is 9.59 Å². The lowest BCUT2D eigenvalue weighted by Gasteiger charge is -2.39. The van der Waals surface area contributed by atoms with Crippen molar-refractivity contribution < 1.29 is 14.3 Å². The average molecular weight is 548 g/mol. The molecule has 1 aliphatic carbocycles. The third kappa shape index (κ3) is 5.22. The molecular weight excluding hydrogens is 514 g/mol. The van der Waals surface area contributed by atoms with Crippen LogP contribution >= 0.6 is 11.6 Å². The Hall–Kier alpha value is -3.16. The van der Waals surface area contributed by atoms with Crippen LogP contribution in [0.15, 0.2) is 59.4 Å². The van der Waals surface area contributed by atoms with Crippen molar-refractivity contribution in [2.75, 3.05) is 19.8 Å². The minimum absolute atomic E-state index is 0.0522. The van der Waals surface area contributed by atoms with Crippen molar-refractivity contribution in [1.29, 1.82) is 0 Å². The van der Waals surface area contributed by atoms with E-state index in [1.165, 1.54) is 5.56 Å². The number of carbonyl (C=O) groups excluding carboxylic acids is 1. The number of ether oxygens (including phenoxy) is 2. The van der Waals surface area contributed by atoms with Gasteiger partial charge < -0.3 is 18.9 Å². The molecule has 3 aliphatic rings. The summed E-state index contributed by atoms with van der Waals surface area (Å²) in [5.41, 5.74) is 1.86. The van der Waals surface area contributed by atoms with Crippen LogP contribution in [0.4, 0.5) is 0 Å². The number of hydrogen-bond donors (Lipinski definition) is 0. The minimum atomic E-state index is -0.474. The molecule has 3 aromatic rings. The molecule has 0 bridgehead atoms. The van der Waals surface area contributed by atoms with E-state index in [9.17, 15) is 9.59 Å². The second-order valence-electron chi connectivity index (χ2n) is 11.0. The zero-order valence-corrected chi connectivity index (χ0v) is 22.9. The molecule has 2 aromatic carbocycles. The molecule has 39 heavy (non-hydrogen) atoms. The van der Waals surface area contributed by atoms with Gasteiger partial charge >= 0.3 is 5.56 Å². The van der Waals surface area contributed by atoms with Gasteiger partial charge in [-0.1, -0.05) is 66.9 Å². The molecular formula is C31H34ClN3O4. The first-order chi connectivity index (χ1) is 19.0. The fraction of sp³-hybridized carbons (Fsp3) is 0.452. The fourth-order valence-corrected chi connectivity index (χ4v) is 6.67. The number of aromatic nitrogens is 2. The molecule has 7 nitrogen and oxygen atoms in total. The van der Waals surface area contributed by atoms with Gasteiger partial charge in [0.2, 0.25) is 5.75 Å².